The number of nitrogens with zero attached hydrogens (tertiary/aromatic N) is 3. The Balaban J connectivity index is 1.73. The number of rotatable bonds is 7. The fraction of sp³-hybridized carbons (Fsp3) is 0.450. The van der Waals surface area contributed by atoms with Gasteiger partial charge < -0.3 is 4.90 Å². The van der Waals surface area contributed by atoms with Gasteiger partial charge >= 0.3 is 0 Å². The Bertz CT molecular complexity index is 936. The second-order valence-corrected chi connectivity index (χ2v) is 10.3. The van der Waals surface area contributed by atoms with Crippen molar-refractivity contribution in [2.75, 3.05) is 39.3 Å². The van der Waals surface area contributed by atoms with E-state index in [0.717, 1.165) is 19.6 Å². The monoisotopic (exact) mass is 455 g/mol. The minimum absolute atomic E-state index is 0.102. The molecule has 0 aliphatic carbocycles. The number of hydrogen-bond donors (Lipinski definition) is 0. The molecule has 1 aromatic heterocycles. The zero-order chi connectivity index (χ0) is 21.0. The number of hydrogen-bond acceptors (Lipinski definition) is 5. The summed E-state index contributed by atoms with van der Waals surface area (Å²) < 4.78 is 27.0. The van der Waals surface area contributed by atoms with E-state index in [0.29, 0.717) is 26.2 Å². The molecule has 0 N–H and O–H groups in total. The summed E-state index contributed by atoms with van der Waals surface area (Å²) in [6, 6.07) is 8.53. The lowest BCUT2D eigenvalue weighted by molar-refractivity contribution is 0.0629. The van der Waals surface area contributed by atoms with Gasteiger partial charge in [0.1, 0.15) is 0 Å². The Morgan fingerprint density at radius 1 is 1.14 bits per heavy atom. The Morgan fingerprint density at radius 2 is 1.83 bits per heavy atom. The van der Waals surface area contributed by atoms with Crippen molar-refractivity contribution in [1.29, 1.82) is 0 Å². The summed E-state index contributed by atoms with van der Waals surface area (Å²) in [5, 5.41) is 2.34. The SMILES string of the molecule is CCN(CC)S(=O)(=O)c1ccc(Cl)c(C(=O)N2CCN(Cc3cccs3)CC2)c1. The Morgan fingerprint density at radius 3 is 2.41 bits per heavy atom. The van der Waals surface area contributed by atoms with Crippen LogP contribution in [0.3, 0.4) is 0 Å². The molecule has 1 fully saturated rings. The number of amides is 1. The van der Waals surface area contributed by atoms with Gasteiger partial charge in [0, 0.05) is 50.7 Å². The molecule has 9 heteroatoms. The van der Waals surface area contributed by atoms with E-state index in [1.165, 1.54) is 27.4 Å². The molecule has 6 nitrogen and oxygen atoms in total. The quantitative estimate of drug-likeness (QED) is 0.642. The first kappa shape index (κ1) is 22.2. The summed E-state index contributed by atoms with van der Waals surface area (Å²) in [6.07, 6.45) is 0. The molecule has 0 bridgehead atoms. The highest BCUT2D eigenvalue weighted by Gasteiger charge is 2.27. The van der Waals surface area contributed by atoms with Crippen LogP contribution in [0.15, 0.2) is 40.6 Å². The van der Waals surface area contributed by atoms with Gasteiger partial charge in [0.2, 0.25) is 10.0 Å². The van der Waals surface area contributed by atoms with E-state index in [1.807, 2.05) is 6.07 Å². The highest BCUT2D eigenvalue weighted by Crippen LogP contribution is 2.25. The van der Waals surface area contributed by atoms with Crippen LogP contribution < -0.4 is 0 Å². The topological polar surface area (TPSA) is 60.9 Å². The third-order valence-electron chi connectivity index (χ3n) is 5.13. The Kier molecular flexibility index (Phi) is 7.34. The first-order valence-corrected chi connectivity index (χ1v) is 12.4. The van der Waals surface area contributed by atoms with Crippen molar-refractivity contribution >= 4 is 38.9 Å². The van der Waals surface area contributed by atoms with E-state index in [9.17, 15) is 13.2 Å². The van der Waals surface area contributed by atoms with Crippen LogP contribution >= 0.6 is 22.9 Å². The van der Waals surface area contributed by atoms with E-state index in [2.05, 4.69) is 16.3 Å². The molecule has 29 heavy (non-hydrogen) atoms. The van der Waals surface area contributed by atoms with E-state index < -0.39 is 10.0 Å². The molecule has 3 rings (SSSR count). The van der Waals surface area contributed by atoms with Gasteiger partial charge in [0.05, 0.1) is 15.5 Å². The molecule has 1 aliphatic heterocycles. The molecule has 1 aliphatic rings. The summed E-state index contributed by atoms with van der Waals surface area (Å²) >= 11 is 8.00. The second-order valence-electron chi connectivity index (χ2n) is 6.88. The van der Waals surface area contributed by atoms with Gasteiger partial charge in [-0.1, -0.05) is 31.5 Å². The van der Waals surface area contributed by atoms with Crippen molar-refractivity contribution in [3.05, 3.63) is 51.2 Å². The van der Waals surface area contributed by atoms with Crippen LogP contribution in [0.2, 0.25) is 5.02 Å². The zero-order valence-corrected chi connectivity index (χ0v) is 19.1. The van der Waals surface area contributed by atoms with Gasteiger partial charge in [-0.3, -0.25) is 9.69 Å². The van der Waals surface area contributed by atoms with Crippen LogP contribution in [0, 0.1) is 0 Å². The highest BCUT2D eigenvalue weighted by atomic mass is 35.5. The van der Waals surface area contributed by atoms with Crippen molar-refractivity contribution in [2.24, 2.45) is 0 Å². The lowest BCUT2D eigenvalue weighted by Gasteiger charge is -2.34. The number of carbonyl (C=O) groups excluding carboxylic acids is 1. The molecule has 0 radical (unpaired) electrons. The molecule has 2 heterocycles. The maximum Gasteiger partial charge on any atom is 0.255 e. The number of benzene rings is 1. The van der Waals surface area contributed by atoms with Crippen molar-refractivity contribution in [1.82, 2.24) is 14.1 Å². The van der Waals surface area contributed by atoms with Crippen LogP contribution in [0.25, 0.3) is 0 Å². The zero-order valence-electron chi connectivity index (χ0n) is 16.7. The molecule has 158 valence electrons. The molecule has 1 saturated heterocycles. The van der Waals surface area contributed by atoms with E-state index in [1.54, 1.807) is 30.1 Å². The van der Waals surface area contributed by atoms with Gasteiger partial charge in [-0.25, -0.2) is 8.42 Å². The summed E-state index contributed by atoms with van der Waals surface area (Å²) in [5.74, 6) is -0.220. The normalized spacial score (nSPS) is 15.8. The second kappa shape index (κ2) is 9.57. The van der Waals surface area contributed by atoms with Crippen LogP contribution in [0.1, 0.15) is 29.1 Å². The number of piperazine rings is 1. The van der Waals surface area contributed by atoms with E-state index in [-0.39, 0.29) is 21.4 Å². The van der Waals surface area contributed by atoms with Gasteiger partial charge in [-0.15, -0.1) is 11.3 Å². The maximum absolute atomic E-state index is 13.0. The molecule has 0 saturated carbocycles. The molecule has 0 unspecified atom stereocenters. The fourth-order valence-corrected chi connectivity index (χ4v) is 5.87. The fourth-order valence-electron chi connectivity index (χ4n) is 3.44. The Hall–Kier alpha value is -1.45. The summed E-state index contributed by atoms with van der Waals surface area (Å²) in [4.78, 5) is 18.5. The lowest BCUT2D eigenvalue weighted by atomic mass is 10.1. The van der Waals surface area contributed by atoms with Gasteiger partial charge in [0.25, 0.3) is 5.91 Å². The number of thiophene rings is 1. The summed E-state index contributed by atoms with van der Waals surface area (Å²) in [7, 11) is -3.65. The standard InChI is InChI=1S/C20H26ClN3O3S2/c1-3-24(4-2)29(26,27)17-7-8-19(21)18(14-17)20(25)23-11-9-22(10-12-23)15-16-6-5-13-28-16/h5-8,13-14H,3-4,9-12,15H2,1-2H3. The minimum atomic E-state index is -3.65. The molecular formula is C20H26ClN3O3S2. The first-order chi connectivity index (χ1) is 13.9. The van der Waals surface area contributed by atoms with Gasteiger partial charge in [-0.05, 0) is 29.6 Å². The van der Waals surface area contributed by atoms with Crippen molar-refractivity contribution < 1.29 is 13.2 Å². The highest BCUT2D eigenvalue weighted by molar-refractivity contribution is 7.89. The van der Waals surface area contributed by atoms with Crippen molar-refractivity contribution in [3.8, 4) is 0 Å². The average Bonchev–Trinajstić information content (AvgIpc) is 3.22. The third-order valence-corrected chi connectivity index (χ3v) is 8.37. The predicted molar refractivity (Wildman–Crippen MR) is 117 cm³/mol. The molecule has 0 atom stereocenters. The van der Waals surface area contributed by atoms with Gasteiger partial charge in [-0.2, -0.15) is 4.31 Å². The van der Waals surface area contributed by atoms with Crippen molar-refractivity contribution in [3.63, 3.8) is 0 Å². The average molecular weight is 456 g/mol. The molecule has 0 spiro atoms. The van der Waals surface area contributed by atoms with E-state index >= 15 is 0 Å². The number of halogens is 1. The van der Waals surface area contributed by atoms with Crippen LogP contribution in [-0.2, 0) is 16.6 Å². The summed E-state index contributed by atoms with van der Waals surface area (Å²) in [6.45, 7) is 7.95. The first-order valence-electron chi connectivity index (χ1n) is 9.70. The molecule has 2 aromatic rings. The predicted octanol–water partition coefficient (Wildman–Crippen LogP) is 3.39. The van der Waals surface area contributed by atoms with Crippen LogP contribution in [-0.4, -0.2) is 67.7 Å². The van der Waals surface area contributed by atoms with Crippen LogP contribution in [0.4, 0.5) is 0 Å². The molecular weight excluding hydrogens is 430 g/mol. The minimum Gasteiger partial charge on any atom is -0.336 e. The van der Waals surface area contributed by atoms with Crippen LogP contribution in [0.5, 0.6) is 0 Å². The molecule has 1 aromatic carbocycles. The smallest absolute Gasteiger partial charge is 0.255 e. The number of carbonyl (C=O) groups is 1. The molecule has 1 amide bonds. The maximum atomic E-state index is 13.0. The largest absolute Gasteiger partial charge is 0.336 e. The van der Waals surface area contributed by atoms with Gasteiger partial charge in [0.15, 0.2) is 0 Å². The van der Waals surface area contributed by atoms with E-state index in [4.69, 9.17) is 11.6 Å². The Labute approximate surface area is 181 Å². The summed E-state index contributed by atoms with van der Waals surface area (Å²) in [5.41, 5.74) is 0.242. The lowest BCUT2D eigenvalue weighted by Crippen LogP contribution is -2.48. The van der Waals surface area contributed by atoms with Crippen molar-refractivity contribution in [2.45, 2.75) is 25.3 Å². The number of sulfonamides is 1. The third kappa shape index (κ3) is 5.00.